The quantitative estimate of drug-likeness (QED) is 0.674. The summed E-state index contributed by atoms with van der Waals surface area (Å²) >= 11 is 0. The molecule has 0 radical (unpaired) electrons. The van der Waals surface area contributed by atoms with E-state index >= 15 is 0 Å². The molecule has 4 nitrogen and oxygen atoms in total. The summed E-state index contributed by atoms with van der Waals surface area (Å²) in [4.78, 5) is 0. The second-order valence-corrected chi connectivity index (χ2v) is 4.48. The third-order valence-electron chi connectivity index (χ3n) is 3.10. The van der Waals surface area contributed by atoms with E-state index in [2.05, 4.69) is 16.6 Å². The molecule has 96 valence electrons. The maximum Gasteiger partial charge on any atom is 0.120 e. The lowest BCUT2D eigenvalue weighted by Crippen LogP contribution is -1.95. The van der Waals surface area contributed by atoms with E-state index < -0.39 is 0 Å². The molecule has 0 unspecified atom stereocenters. The Kier molecular flexibility index (Phi) is 3.67. The predicted octanol–water partition coefficient (Wildman–Crippen LogP) is 2.96. The molecule has 0 spiro atoms. The summed E-state index contributed by atoms with van der Waals surface area (Å²) in [5, 5.41) is 13.2. The minimum Gasteiger partial charge on any atom is -0.339 e. The fourth-order valence-corrected chi connectivity index (χ4v) is 1.85. The number of nitriles is 1. The first-order valence-corrected chi connectivity index (χ1v) is 6.04. The van der Waals surface area contributed by atoms with Crippen LogP contribution in [-0.2, 0) is 7.05 Å². The smallest absolute Gasteiger partial charge is 0.120 e. The van der Waals surface area contributed by atoms with Crippen molar-refractivity contribution in [2.24, 2.45) is 12.1 Å². The molecular formula is C15H16N4. The van der Waals surface area contributed by atoms with Crippen LogP contribution in [0.1, 0.15) is 22.5 Å². The Morgan fingerprint density at radius 2 is 2.11 bits per heavy atom. The SMILES string of the molecule is Cc1cccc(N/N=C\c2cc(C#N)n(C)c2C)c1. The molecule has 0 aliphatic heterocycles. The molecule has 0 amide bonds. The van der Waals surface area contributed by atoms with Gasteiger partial charge in [-0.1, -0.05) is 12.1 Å². The Morgan fingerprint density at radius 3 is 2.74 bits per heavy atom. The van der Waals surface area contributed by atoms with E-state index in [9.17, 15) is 0 Å². The molecule has 0 aliphatic rings. The zero-order valence-electron chi connectivity index (χ0n) is 11.3. The van der Waals surface area contributed by atoms with E-state index in [0.717, 1.165) is 16.9 Å². The third-order valence-corrected chi connectivity index (χ3v) is 3.10. The molecule has 0 saturated heterocycles. The van der Waals surface area contributed by atoms with Gasteiger partial charge in [0.15, 0.2) is 0 Å². The number of hydrogen-bond donors (Lipinski definition) is 1. The van der Waals surface area contributed by atoms with Gasteiger partial charge in [0.25, 0.3) is 0 Å². The normalized spacial score (nSPS) is 10.6. The van der Waals surface area contributed by atoms with Crippen molar-refractivity contribution in [3.63, 3.8) is 0 Å². The minimum atomic E-state index is 0.634. The van der Waals surface area contributed by atoms with Gasteiger partial charge in [-0.05, 0) is 37.6 Å². The van der Waals surface area contributed by atoms with Gasteiger partial charge >= 0.3 is 0 Å². The highest BCUT2D eigenvalue weighted by atomic mass is 15.3. The van der Waals surface area contributed by atoms with Crippen LogP contribution in [0.4, 0.5) is 5.69 Å². The lowest BCUT2D eigenvalue weighted by Gasteiger charge is -2.01. The van der Waals surface area contributed by atoms with Gasteiger partial charge in [-0.15, -0.1) is 0 Å². The lowest BCUT2D eigenvalue weighted by atomic mass is 10.2. The van der Waals surface area contributed by atoms with Crippen LogP contribution in [0.15, 0.2) is 35.4 Å². The first kappa shape index (κ1) is 12.9. The fraction of sp³-hybridized carbons (Fsp3) is 0.200. The van der Waals surface area contributed by atoms with Crippen LogP contribution in [0.5, 0.6) is 0 Å². The monoisotopic (exact) mass is 252 g/mol. The summed E-state index contributed by atoms with van der Waals surface area (Å²) < 4.78 is 1.86. The highest BCUT2D eigenvalue weighted by molar-refractivity contribution is 5.82. The van der Waals surface area contributed by atoms with Crippen LogP contribution in [0.2, 0.25) is 0 Å². The molecule has 0 atom stereocenters. The van der Waals surface area contributed by atoms with Crippen LogP contribution < -0.4 is 5.43 Å². The summed E-state index contributed by atoms with van der Waals surface area (Å²) in [6, 6.07) is 12.0. The van der Waals surface area contributed by atoms with E-state index in [4.69, 9.17) is 5.26 Å². The zero-order chi connectivity index (χ0) is 13.8. The number of nitrogens with one attached hydrogen (secondary N) is 1. The lowest BCUT2D eigenvalue weighted by molar-refractivity contribution is 0.865. The maximum absolute atomic E-state index is 8.96. The number of hydrazone groups is 1. The molecule has 2 rings (SSSR count). The van der Waals surface area contributed by atoms with Crippen LogP contribution in [0, 0.1) is 25.2 Å². The van der Waals surface area contributed by atoms with Gasteiger partial charge in [0.2, 0.25) is 0 Å². The van der Waals surface area contributed by atoms with Gasteiger partial charge in [0.05, 0.1) is 11.9 Å². The molecule has 19 heavy (non-hydrogen) atoms. The minimum absolute atomic E-state index is 0.634. The van der Waals surface area contributed by atoms with Crippen LogP contribution in [0.3, 0.4) is 0 Å². The van der Waals surface area contributed by atoms with Crippen molar-refractivity contribution in [1.82, 2.24) is 4.57 Å². The van der Waals surface area contributed by atoms with Crippen molar-refractivity contribution in [3.8, 4) is 6.07 Å². The summed E-state index contributed by atoms with van der Waals surface area (Å²) in [5.41, 5.74) is 7.72. The van der Waals surface area contributed by atoms with Crippen molar-refractivity contribution >= 4 is 11.9 Å². The van der Waals surface area contributed by atoms with E-state index in [1.54, 1.807) is 6.21 Å². The van der Waals surface area contributed by atoms with Crippen molar-refractivity contribution in [3.05, 3.63) is 52.8 Å². The van der Waals surface area contributed by atoms with E-state index in [1.807, 2.05) is 55.8 Å². The van der Waals surface area contributed by atoms with E-state index in [-0.39, 0.29) is 0 Å². The summed E-state index contributed by atoms with van der Waals surface area (Å²) in [5.74, 6) is 0. The molecule has 4 heteroatoms. The third kappa shape index (κ3) is 2.83. The summed E-state index contributed by atoms with van der Waals surface area (Å²) in [6.45, 7) is 4.00. The standard InChI is InChI=1S/C15H16N4/c1-11-5-4-6-14(7-11)18-17-10-13-8-15(9-16)19(3)12(13)2/h4-8,10,18H,1-3H3/b17-10-. The summed E-state index contributed by atoms with van der Waals surface area (Å²) in [7, 11) is 1.87. The first-order chi connectivity index (χ1) is 9.11. The highest BCUT2D eigenvalue weighted by Crippen LogP contribution is 2.12. The predicted molar refractivity (Wildman–Crippen MR) is 77.3 cm³/mol. The number of aromatic nitrogens is 1. The number of rotatable bonds is 3. The molecule has 1 aromatic carbocycles. The van der Waals surface area contributed by atoms with Crippen LogP contribution in [-0.4, -0.2) is 10.8 Å². The Labute approximate surface area is 113 Å². The van der Waals surface area contributed by atoms with Crippen molar-refractivity contribution in [1.29, 1.82) is 5.26 Å². The molecule has 1 N–H and O–H groups in total. The Morgan fingerprint density at radius 1 is 1.32 bits per heavy atom. The molecule has 1 heterocycles. The molecule has 0 bridgehead atoms. The van der Waals surface area contributed by atoms with Crippen molar-refractivity contribution in [2.45, 2.75) is 13.8 Å². The molecule has 0 saturated carbocycles. The summed E-state index contributed by atoms with van der Waals surface area (Å²) in [6.07, 6.45) is 1.73. The van der Waals surface area contributed by atoms with Crippen LogP contribution in [0.25, 0.3) is 0 Å². The second kappa shape index (κ2) is 5.40. The molecular weight excluding hydrogens is 236 g/mol. The van der Waals surface area contributed by atoms with Gasteiger partial charge in [-0.2, -0.15) is 10.4 Å². The van der Waals surface area contributed by atoms with E-state index in [0.29, 0.717) is 5.69 Å². The van der Waals surface area contributed by atoms with Gasteiger partial charge in [0.1, 0.15) is 11.8 Å². The van der Waals surface area contributed by atoms with Crippen LogP contribution >= 0.6 is 0 Å². The zero-order valence-corrected chi connectivity index (χ0v) is 11.3. The number of nitrogens with zero attached hydrogens (tertiary/aromatic N) is 3. The largest absolute Gasteiger partial charge is 0.339 e. The van der Waals surface area contributed by atoms with Gasteiger partial charge < -0.3 is 4.57 Å². The Hall–Kier alpha value is -2.54. The average Bonchev–Trinajstić information content (AvgIpc) is 2.67. The van der Waals surface area contributed by atoms with Crippen molar-refractivity contribution in [2.75, 3.05) is 5.43 Å². The average molecular weight is 252 g/mol. The molecule has 1 aromatic heterocycles. The van der Waals surface area contributed by atoms with Gasteiger partial charge in [-0.3, -0.25) is 5.43 Å². The molecule has 2 aromatic rings. The number of benzene rings is 1. The van der Waals surface area contributed by atoms with Crippen molar-refractivity contribution < 1.29 is 0 Å². The molecule has 0 aliphatic carbocycles. The fourth-order valence-electron chi connectivity index (χ4n) is 1.85. The second-order valence-electron chi connectivity index (χ2n) is 4.48. The molecule has 0 fully saturated rings. The number of aryl methyl sites for hydroxylation is 1. The topological polar surface area (TPSA) is 53.1 Å². The highest BCUT2D eigenvalue weighted by Gasteiger charge is 2.05. The number of anilines is 1. The maximum atomic E-state index is 8.96. The van der Waals surface area contributed by atoms with Gasteiger partial charge in [-0.25, -0.2) is 0 Å². The van der Waals surface area contributed by atoms with Gasteiger partial charge in [0, 0.05) is 18.3 Å². The van der Waals surface area contributed by atoms with E-state index in [1.165, 1.54) is 5.56 Å². The first-order valence-electron chi connectivity index (χ1n) is 6.04. The number of hydrogen-bond acceptors (Lipinski definition) is 3. The Balaban J connectivity index is 2.14. The Bertz CT molecular complexity index is 659.